The molecule has 2 atom stereocenters. The van der Waals surface area contributed by atoms with E-state index in [1.54, 1.807) is 0 Å². The van der Waals surface area contributed by atoms with Gasteiger partial charge in [0.25, 0.3) is 0 Å². The number of hydrogen-bond donors (Lipinski definition) is 0. The lowest BCUT2D eigenvalue weighted by Gasteiger charge is -2.31. The van der Waals surface area contributed by atoms with Gasteiger partial charge in [0, 0.05) is 21.9 Å². The topological polar surface area (TPSA) is 17.1 Å². The van der Waals surface area contributed by atoms with E-state index in [2.05, 4.69) is 28.1 Å². The average molecular weight is 275 g/mol. The summed E-state index contributed by atoms with van der Waals surface area (Å²) in [7, 11) is 0. The molecule has 80 valence electrons. The standard InChI is InChI=1S/C14H11BrO/c15-10-6-4-9(5-7-10)8-13-11-2-1-3-12(11)14(13)16/h1-2,4-8,11-12H,3H2/b13-8-/t11-,12+/m1/s1. The normalized spacial score (nSPS) is 29.3. The lowest BCUT2D eigenvalue weighted by Crippen LogP contribution is -2.36. The van der Waals surface area contributed by atoms with E-state index in [-0.39, 0.29) is 5.92 Å². The number of allylic oxidation sites excluding steroid dienone is 3. The van der Waals surface area contributed by atoms with Crippen LogP contribution in [0.2, 0.25) is 0 Å². The Morgan fingerprint density at radius 2 is 2.00 bits per heavy atom. The molecule has 0 bridgehead atoms. The molecular formula is C14H11BrO. The first kappa shape index (κ1) is 10.0. The minimum Gasteiger partial charge on any atom is -0.294 e. The van der Waals surface area contributed by atoms with Gasteiger partial charge >= 0.3 is 0 Å². The summed E-state index contributed by atoms with van der Waals surface area (Å²) in [6, 6.07) is 8.04. The number of ketones is 1. The Morgan fingerprint density at radius 1 is 1.25 bits per heavy atom. The van der Waals surface area contributed by atoms with Gasteiger partial charge in [-0.2, -0.15) is 0 Å². The molecule has 0 radical (unpaired) electrons. The van der Waals surface area contributed by atoms with Crippen molar-refractivity contribution in [1.29, 1.82) is 0 Å². The van der Waals surface area contributed by atoms with Gasteiger partial charge < -0.3 is 0 Å². The highest BCUT2D eigenvalue weighted by Gasteiger charge is 2.44. The highest BCUT2D eigenvalue weighted by atomic mass is 79.9. The van der Waals surface area contributed by atoms with Crippen LogP contribution in [-0.2, 0) is 4.79 Å². The van der Waals surface area contributed by atoms with Crippen LogP contribution in [0.25, 0.3) is 6.08 Å². The summed E-state index contributed by atoms with van der Waals surface area (Å²) >= 11 is 3.40. The summed E-state index contributed by atoms with van der Waals surface area (Å²) in [5.41, 5.74) is 2.08. The summed E-state index contributed by atoms with van der Waals surface area (Å²) in [6.45, 7) is 0. The van der Waals surface area contributed by atoms with Crippen molar-refractivity contribution in [2.24, 2.45) is 11.8 Å². The van der Waals surface area contributed by atoms with E-state index >= 15 is 0 Å². The number of carbonyl (C=O) groups excluding carboxylic acids is 1. The Morgan fingerprint density at radius 3 is 2.75 bits per heavy atom. The number of hydrogen-bond acceptors (Lipinski definition) is 1. The molecule has 0 amide bonds. The fourth-order valence-corrected chi connectivity index (χ4v) is 2.70. The third-order valence-electron chi connectivity index (χ3n) is 3.34. The molecule has 0 unspecified atom stereocenters. The highest BCUT2D eigenvalue weighted by Crippen LogP contribution is 2.44. The Kier molecular flexibility index (Phi) is 2.32. The third-order valence-corrected chi connectivity index (χ3v) is 3.87. The van der Waals surface area contributed by atoms with E-state index in [1.165, 1.54) is 0 Å². The largest absolute Gasteiger partial charge is 0.294 e. The maximum absolute atomic E-state index is 11.8. The van der Waals surface area contributed by atoms with Crippen LogP contribution >= 0.6 is 15.9 Å². The zero-order chi connectivity index (χ0) is 11.1. The van der Waals surface area contributed by atoms with Crippen LogP contribution in [-0.4, -0.2) is 5.78 Å². The van der Waals surface area contributed by atoms with Crippen molar-refractivity contribution < 1.29 is 4.79 Å². The average Bonchev–Trinajstić information content (AvgIpc) is 2.73. The Bertz CT molecular complexity index is 496. The number of carbonyl (C=O) groups is 1. The Labute approximate surface area is 103 Å². The Balaban J connectivity index is 1.90. The van der Waals surface area contributed by atoms with Gasteiger partial charge in [0.1, 0.15) is 0 Å². The number of halogens is 1. The number of Topliss-reactive ketones (excluding diaryl/α,β-unsaturated/α-hetero) is 1. The molecule has 16 heavy (non-hydrogen) atoms. The van der Waals surface area contributed by atoms with Gasteiger partial charge in [-0.25, -0.2) is 0 Å². The molecule has 1 nitrogen and oxygen atoms in total. The number of rotatable bonds is 1. The van der Waals surface area contributed by atoms with E-state index in [0.29, 0.717) is 11.7 Å². The van der Waals surface area contributed by atoms with Crippen LogP contribution < -0.4 is 0 Å². The van der Waals surface area contributed by atoms with Gasteiger partial charge in [-0.05, 0) is 30.2 Å². The third kappa shape index (κ3) is 1.49. The molecule has 2 aliphatic carbocycles. The molecule has 0 N–H and O–H groups in total. The molecule has 1 fully saturated rings. The van der Waals surface area contributed by atoms with Crippen molar-refractivity contribution in [3.8, 4) is 0 Å². The first-order valence-corrected chi connectivity index (χ1v) is 6.23. The fourth-order valence-electron chi connectivity index (χ4n) is 2.43. The van der Waals surface area contributed by atoms with Crippen molar-refractivity contribution in [3.63, 3.8) is 0 Å². The molecule has 1 saturated carbocycles. The quantitative estimate of drug-likeness (QED) is 0.565. The van der Waals surface area contributed by atoms with Crippen molar-refractivity contribution >= 4 is 27.8 Å². The minimum atomic E-state index is 0.252. The maximum Gasteiger partial charge on any atom is 0.163 e. The van der Waals surface area contributed by atoms with Crippen LogP contribution in [0.5, 0.6) is 0 Å². The van der Waals surface area contributed by atoms with Gasteiger partial charge in [-0.3, -0.25) is 4.79 Å². The second-order valence-electron chi connectivity index (χ2n) is 4.31. The van der Waals surface area contributed by atoms with Crippen LogP contribution in [0.1, 0.15) is 12.0 Å². The van der Waals surface area contributed by atoms with E-state index in [1.807, 2.05) is 30.3 Å². The second kappa shape index (κ2) is 3.70. The summed E-state index contributed by atoms with van der Waals surface area (Å²) in [5.74, 6) is 0.968. The predicted octanol–water partition coefficient (Wildman–Crippen LogP) is 3.61. The molecule has 1 aromatic carbocycles. The maximum atomic E-state index is 11.8. The van der Waals surface area contributed by atoms with E-state index in [0.717, 1.165) is 22.0 Å². The SMILES string of the molecule is O=C1/C(=C\c2ccc(Br)cc2)[C@@H]2C=CC[C@H]12. The fraction of sp³-hybridized carbons (Fsp3) is 0.214. The molecule has 0 spiro atoms. The smallest absolute Gasteiger partial charge is 0.163 e. The van der Waals surface area contributed by atoms with Crippen molar-refractivity contribution in [2.45, 2.75) is 6.42 Å². The first-order chi connectivity index (χ1) is 7.75. The van der Waals surface area contributed by atoms with Crippen LogP contribution in [0, 0.1) is 11.8 Å². The van der Waals surface area contributed by atoms with Crippen molar-refractivity contribution in [1.82, 2.24) is 0 Å². The second-order valence-corrected chi connectivity index (χ2v) is 5.23. The lowest BCUT2D eigenvalue weighted by molar-refractivity contribution is -0.124. The van der Waals surface area contributed by atoms with Crippen LogP contribution in [0.4, 0.5) is 0 Å². The van der Waals surface area contributed by atoms with Gasteiger partial charge in [0.15, 0.2) is 5.78 Å². The van der Waals surface area contributed by atoms with E-state index in [9.17, 15) is 4.79 Å². The molecule has 2 heteroatoms. The van der Waals surface area contributed by atoms with E-state index in [4.69, 9.17) is 0 Å². The Hall–Kier alpha value is -1.15. The van der Waals surface area contributed by atoms with Gasteiger partial charge in [-0.1, -0.05) is 40.2 Å². The molecular weight excluding hydrogens is 264 g/mol. The molecule has 1 aromatic rings. The van der Waals surface area contributed by atoms with Gasteiger partial charge in [-0.15, -0.1) is 0 Å². The highest BCUT2D eigenvalue weighted by molar-refractivity contribution is 9.10. The zero-order valence-corrected chi connectivity index (χ0v) is 10.3. The molecule has 0 heterocycles. The van der Waals surface area contributed by atoms with E-state index < -0.39 is 0 Å². The summed E-state index contributed by atoms with van der Waals surface area (Å²) < 4.78 is 1.06. The van der Waals surface area contributed by atoms with Gasteiger partial charge in [0.2, 0.25) is 0 Å². The minimum absolute atomic E-state index is 0.252. The lowest BCUT2D eigenvalue weighted by atomic mass is 9.69. The summed E-state index contributed by atoms with van der Waals surface area (Å²) in [6.07, 6.45) is 7.24. The van der Waals surface area contributed by atoms with Crippen LogP contribution in [0.15, 0.2) is 46.5 Å². The molecule has 3 rings (SSSR count). The molecule has 0 saturated heterocycles. The summed E-state index contributed by atoms with van der Waals surface area (Å²) in [4.78, 5) is 11.8. The monoisotopic (exact) mass is 274 g/mol. The molecule has 2 aliphatic rings. The molecule has 0 aliphatic heterocycles. The number of benzene rings is 1. The van der Waals surface area contributed by atoms with Crippen LogP contribution in [0.3, 0.4) is 0 Å². The van der Waals surface area contributed by atoms with Crippen molar-refractivity contribution in [3.05, 3.63) is 52.0 Å². The van der Waals surface area contributed by atoms with Gasteiger partial charge in [0.05, 0.1) is 0 Å². The zero-order valence-electron chi connectivity index (χ0n) is 8.69. The predicted molar refractivity (Wildman–Crippen MR) is 67.9 cm³/mol. The first-order valence-electron chi connectivity index (χ1n) is 5.44. The molecule has 0 aromatic heterocycles. The number of fused-ring (bicyclic) bond motifs is 1. The van der Waals surface area contributed by atoms with Crippen molar-refractivity contribution in [2.75, 3.05) is 0 Å². The summed E-state index contributed by atoms with van der Waals surface area (Å²) in [5, 5.41) is 0.